The Morgan fingerprint density at radius 2 is 2.35 bits per heavy atom. The van der Waals surface area contributed by atoms with Crippen LogP contribution >= 0.6 is 27.3 Å². The van der Waals surface area contributed by atoms with Crippen LogP contribution in [-0.4, -0.2) is 22.8 Å². The largest absolute Gasteiger partial charge is 0.368 e. The Hall–Kier alpha value is -1.40. The number of hydrogen-bond donors (Lipinski definition) is 1. The molecule has 1 aromatic heterocycles. The fourth-order valence-corrected chi connectivity index (χ4v) is 3.68. The predicted octanol–water partition coefficient (Wildman–Crippen LogP) is 2.90. The van der Waals surface area contributed by atoms with Crippen LogP contribution in [-0.2, 0) is 9.59 Å². The predicted molar refractivity (Wildman–Crippen MR) is 83.9 cm³/mol. The summed E-state index contributed by atoms with van der Waals surface area (Å²) in [6.45, 7) is 1.84. The van der Waals surface area contributed by atoms with Gasteiger partial charge < -0.3 is 10.6 Å². The SMILES string of the molecule is CCC(C(N)=O)N1C=C(c2sccc2Br)C=CCC1=O. The van der Waals surface area contributed by atoms with E-state index in [1.165, 1.54) is 4.90 Å². The Kier molecular flexibility index (Phi) is 4.77. The second-order valence-electron chi connectivity index (χ2n) is 4.42. The maximum absolute atomic E-state index is 12.1. The molecule has 2 rings (SSSR count). The van der Waals surface area contributed by atoms with Gasteiger partial charge in [-0.15, -0.1) is 11.3 Å². The van der Waals surface area contributed by atoms with E-state index in [2.05, 4.69) is 15.9 Å². The number of carbonyl (C=O) groups is 2. The highest BCUT2D eigenvalue weighted by molar-refractivity contribution is 9.10. The number of hydrogen-bond acceptors (Lipinski definition) is 3. The standard InChI is InChI=1S/C14H15BrN2O2S/c1-2-11(14(16)19)17-8-9(4-3-5-12(17)18)13-10(15)6-7-20-13/h3-4,6-8,11H,2,5H2,1H3,(H2,16,19). The van der Waals surface area contributed by atoms with E-state index in [9.17, 15) is 9.59 Å². The molecule has 0 bridgehead atoms. The smallest absolute Gasteiger partial charge is 0.240 e. The Labute approximate surface area is 130 Å². The molecule has 0 fully saturated rings. The topological polar surface area (TPSA) is 63.4 Å². The maximum atomic E-state index is 12.1. The van der Waals surface area contributed by atoms with Crippen molar-refractivity contribution in [3.63, 3.8) is 0 Å². The van der Waals surface area contributed by atoms with Gasteiger partial charge in [0.25, 0.3) is 0 Å². The summed E-state index contributed by atoms with van der Waals surface area (Å²) in [6.07, 6.45) is 6.21. The molecule has 0 aliphatic carbocycles. The molecule has 0 aromatic carbocycles. The molecule has 1 unspecified atom stereocenters. The first kappa shape index (κ1) is 15.0. The quantitative estimate of drug-likeness (QED) is 0.903. The fourth-order valence-electron chi connectivity index (χ4n) is 2.09. The molecule has 1 aliphatic rings. The van der Waals surface area contributed by atoms with Crippen LogP contribution in [0.4, 0.5) is 0 Å². The van der Waals surface area contributed by atoms with Crippen molar-refractivity contribution in [3.8, 4) is 0 Å². The third kappa shape index (κ3) is 3.02. The second-order valence-corrected chi connectivity index (χ2v) is 6.19. The number of allylic oxidation sites excluding steroid dienone is 2. The Morgan fingerprint density at radius 1 is 1.60 bits per heavy atom. The second kappa shape index (κ2) is 6.37. The van der Waals surface area contributed by atoms with Crippen LogP contribution in [0.25, 0.3) is 5.57 Å². The summed E-state index contributed by atoms with van der Waals surface area (Å²) in [4.78, 5) is 26.1. The molecule has 2 N–H and O–H groups in total. The summed E-state index contributed by atoms with van der Waals surface area (Å²) in [7, 11) is 0. The molecule has 0 saturated carbocycles. The lowest BCUT2D eigenvalue weighted by molar-refractivity contribution is -0.135. The van der Waals surface area contributed by atoms with Crippen molar-refractivity contribution in [2.75, 3.05) is 0 Å². The van der Waals surface area contributed by atoms with Gasteiger partial charge >= 0.3 is 0 Å². The van der Waals surface area contributed by atoms with Crippen molar-refractivity contribution < 1.29 is 9.59 Å². The van der Waals surface area contributed by atoms with Gasteiger partial charge in [0.2, 0.25) is 11.8 Å². The third-order valence-corrected chi connectivity index (χ3v) is 4.97. The highest BCUT2D eigenvalue weighted by Gasteiger charge is 2.26. The first-order chi connectivity index (χ1) is 9.54. The zero-order valence-corrected chi connectivity index (χ0v) is 13.4. The number of thiophene rings is 1. The Morgan fingerprint density at radius 3 is 2.90 bits per heavy atom. The van der Waals surface area contributed by atoms with Gasteiger partial charge in [-0.1, -0.05) is 19.1 Å². The van der Waals surface area contributed by atoms with E-state index in [4.69, 9.17) is 5.73 Å². The lowest BCUT2D eigenvalue weighted by atomic mass is 10.1. The molecule has 4 nitrogen and oxygen atoms in total. The van der Waals surface area contributed by atoms with Gasteiger partial charge in [-0.3, -0.25) is 9.59 Å². The minimum atomic E-state index is -0.601. The van der Waals surface area contributed by atoms with Crippen molar-refractivity contribution in [1.82, 2.24) is 4.90 Å². The molecule has 0 spiro atoms. The summed E-state index contributed by atoms with van der Waals surface area (Å²) in [5, 5.41) is 1.97. The summed E-state index contributed by atoms with van der Waals surface area (Å²) >= 11 is 5.06. The third-order valence-electron chi connectivity index (χ3n) is 3.09. The van der Waals surface area contributed by atoms with Gasteiger partial charge in [0.05, 0.1) is 0 Å². The summed E-state index contributed by atoms with van der Waals surface area (Å²) in [5.41, 5.74) is 6.30. The molecular formula is C14H15BrN2O2S. The average molecular weight is 355 g/mol. The highest BCUT2D eigenvalue weighted by Crippen LogP contribution is 2.32. The molecule has 1 atom stereocenters. The van der Waals surface area contributed by atoms with Crippen LogP contribution in [0.15, 0.2) is 34.3 Å². The number of primary amides is 1. The first-order valence-corrected chi connectivity index (χ1v) is 7.94. The van der Waals surface area contributed by atoms with Crippen molar-refractivity contribution in [3.05, 3.63) is 39.1 Å². The number of rotatable bonds is 4. The van der Waals surface area contributed by atoms with Gasteiger partial charge in [-0.25, -0.2) is 0 Å². The number of halogens is 1. The van der Waals surface area contributed by atoms with Gasteiger partial charge in [0.1, 0.15) is 6.04 Å². The number of carbonyl (C=O) groups excluding carboxylic acids is 2. The Balaban J connectivity index is 2.43. The fraction of sp³-hybridized carbons (Fsp3) is 0.286. The summed E-state index contributed by atoms with van der Waals surface area (Å²) in [5.74, 6) is -0.599. The molecule has 106 valence electrons. The van der Waals surface area contributed by atoms with E-state index in [0.29, 0.717) is 6.42 Å². The maximum Gasteiger partial charge on any atom is 0.240 e. The molecule has 0 radical (unpaired) electrons. The van der Waals surface area contributed by atoms with Crippen LogP contribution in [0, 0.1) is 0 Å². The van der Waals surface area contributed by atoms with Crippen molar-refractivity contribution in [2.24, 2.45) is 5.73 Å². The lowest BCUT2D eigenvalue weighted by Crippen LogP contribution is -2.44. The minimum Gasteiger partial charge on any atom is -0.368 e. The van der Waals surface area contributed by atoms with E-state index in [0.717, 1.165) is 14.9 Å². The monoisotopic (exact) mass is 354 g/mol. The minimum absolute atomic E-state index is 0.116. The van der Waals surface area contributed by atoms with Gasteiger partial charge in [0.15, 0.2) is 0 Å². The summed E-state index contributed by atoms with van der Waals surface area (Å²) < 4.78 is 0.972. The van der Waals surface area contributed by atoms with E-state index >= 15 is 0 Å². The van der Waals surface area contributed by atoms with Crippen LogP contribution < -0.4 is 5.73 Å². The van der Waals surface area contributed by atoms with Crippen LogP contribution in [0.5, 0.6) is 0 Å². The summed E-state index contributed by atoms with van der Waals surface area (Å²) in [6, 6.07) is 1.35. The normalized spacial score (nSPS) is 16.8. The molecule has 1 aliphatic heterocycles. The van der Waals surface area contributed by atoms with Crippen molar-refractivity contribution >= 4 is 44.7 Å². The molecular weight excluding hydrogens is 340 g/mol. The highest BCUT2D eigenvalue weighted by atomic mass is 79.9. The molecule has 2 heterocycles. The zero-order valence-electron chi connectivity index (χ0n) is 11.0. The number of amides is 2. The van der Waals surface area contributed by atoms with E-state index in [-0.39, 0.29) is 12.3 Å². The molecule has 6 heteroatoms. The number of nitrogens with zero attached hydrogens (tertiary/aromatic N) is 1. The molecule has 1 aromatic rings. The number of nitrogens with two attached hydrogens (primary N) is 1. The van der Waals surface area contributed by atoms with Gasteiger partial charge in [-0.2, -0.15) is 0 Å². The molecule has 2 amide bonds. The lowest BCUT2D eigenvalue weighted by Gasteiger charge is -2.25. The van der Waals surface area contributed by atoms with E-state index < -0.39 is 11.9 Å². The zero-order chi connectivity index (χ0) is 14.7. The van der Waals surface area contributed by atoms with Crippen molar-refractivity contribution in [2.45, 2.75) is 25.8 Å². The molecule has 0 saturated heterocycles. The van der Waals surface area contributed by atoms with Gasteiger partial charge in [-0.05, 0) is 33.8 Å². The van der Waals surface area contributed by atoms with Crippen LogP contribution in [0.1, 0.15) is 24.6 Å². The van der Waals surface area contributed by atoms with E-state index in [1.54, 1.807) is 17.5 Å². The molecule has 20 heavy (non-hydrogen) atoms. The Bertz CT molecular complexity index is 592. The van der Waals surface area contributed by atoms with E-state index in [1.807, 2.05) is 30.5 Å². The first-order valence-electron chi connectivity index (χ1n) is 6.26. The van der Waals surface area contributed by atoms with Gasteiger partial charge in [0, 0.05) is 27.5 Å². The van der Waals surface area contributed by atoms with Crippen molar-refractivity contribution in [1.29, 1.82) is 0 Å². The van der Waals surface area contributed by atoms with Crippen LogP contribution in [0.2, 0.25) is 0 Å². The van der Waals surface area contributed by atoms with Crippen LogP contribution in [0.3, 0.4) is 0 Å². The average Bonchev–Trinajstić information content (AvgIpc) is 2.73.